The van der Waals surface area contributed by atoms with Gasteiger partial charge >= 0.3 is 0 Å². The number of ether oxygens (including phenoxy) is 2. The Morgan fingerprint density at radius 3 is 2.80 bits per heavy atom. The van der Waals surface area contributed by atoms with Crippen molar-refractivity contribution in [3.05, 3.63) is 72.9 Å². The molecule has 176 valence electrons. The molecule has 1 amide bonds. The van der Waals surface area contributed by atoms with Crippen molar-refractivity contribution in [1.82, 2.24) is 24.5 Å². The van der Waals surface area contributed by atoms with Crippen LogP contribution in [0.5, 0.6) is 11.5 Å². The number of nitrogens with zero attached hydrogens (tertiary/aromatic N) is 5. The van der Waals surface area contributed by atoms with E-state index in [9.17, 15) is 4.79 Å². The molecule has 3 heterocycles. The van der Waals surface area contributed by atoms with Gasteiger partial charge in [0.25, 0.3) is 0 Å². The highest BCUT2D eigenvalue weighted by Crippen LogP contribution is 2.31. The van der Waals surface area contributed by atoms with Gasteiger partial charge in [-0.2, -0.15) is 0 Å². The summed E-state index contributed by atoms with van der Waals surface area (Å²) in [5, 5.41) is 3.97. The molecule has 0 saturated heterocycles. The van der Waals surface area contributed by atoms with E-state index in [0.717, 1.165) is 16.6 Å². The van der Waals surface area contributed by atoms with Crippen molar-refractivity contribution in [1.29, 1.82) is 0 Å². The van der Waals surface area contributed by atoms with E-state index in [-0.39, 0.29) is 18.3 Å². The zero-order valence-electron chi connectivity index (χ0n) is 19.2. The van der Waals surface area contributed by atoms with Crippen LogP contribution in [0.1, 0.15) is 18.7 Å². The molecule has 0 radical (unpaired) electrons. The van der Waals surface area contributed by atoms with E-state index >= 15 is 0 Å². The van der Waals surface area contributed by atoms with Crippen LogP contribution in [0.25, 0.3) is 22.1 Å². The van der Waals surface area contributed by atoms with Crippen LogP contribution >= 0.6 is 0 Å². The van der Waals surface area contributed by atoms with Gasteiger partial charge in [0.1, 0.15) is 24.5 Å². The molecule has 35 heavy (non-hydrogen) atoms. The second kappa shape index (κ2) is 9.26. The smallest absolute Gasteiger partial charge is 0.247 e. The van der Waals surface area contributed by atoms with E-state index in [1.54, 1.807) is 36.8 Å². The number of hydrogen-bond acceptors (Lipinski definition) is 8. The predicted molar refractivity (Wildman–Crippen MR) is 132 cm³/mol. The third kappa shape index (κ3) is 4.41. The summed E-state index contributed by atoms with van der Waals surface area (Å²) >= 11 is 0. The number of carbonyl (C=O) groups is 1. The largest absolute Gasteiger partial charge is 0.493 e. The number of nitrogens with one attached hydrogen (secondary N) is 1. The molecule has 0 aliphatic carbocycles. The topological polar surface area (TPSA) is 130 Å². The number of imidazole rings is 1. The number of hydrogen-bond donors (Lipinski definition) is 2. The van der Waals surface area contributed by atoms with Crippen LogP contribution in [0, 0.1) is 0 Å². The Bertz CT molecular complexity index is 1530. The zero-order chi connectivity index (χ0) is 24.4. The number of carbonyl (C=O) groups excluding carboxylic acids is 1. The highest BCUT2D eigenvalue weighted by atomic mass is 16.5. The molecule has 0 aliphatic heterocycles. The summed E-state index contributed by atoms with van der Waals surface area (Å²) in [6, 6.07) is 16.4. The van der Waals surface area contributed by atoms with Gasteiger partial charge in [-0.15, -0.1) is 0 Å². The average Bonchev–Trinajstić information content (AvgIpc) is 3.32. The maximum Gasteiger partial charge on any atom is 0.247 e. The fourth-order valence-corrected chi connectivity index (χ4v) is 3.73. The van der Waals surface area contributed by atoms with Crippen molar-refractivity contribution >= 4 is 39.5 Å². The van der Waals surface area contributed by atoms with Crippen LogP contribution in [0.4, 0.5) is 11.5 Å². The minimum Gasteiger partial charge on any atom is -0.493 e. The van der Waals surface area contributed by atoms with Gasteiger partial charge in [-0.3, -0.25) is 4.79 Å². The number of nitrogens with two attached hydrogens (primary N) is 1. The summed E-state index contributed by atoms with van der Waals surface area (Å²) in [6.07, 6.45) is 2.87. The number of amides is 1. The third-order valence-corrected chi connectivity index (χ3v) is 5.65. The number of fused-ring (bicyclic) bond motifs is 2. The Morgan fingerprint density at radius 1 is 1.09 bits per heavy atom. The van der Waals surface area contributed by atoms with Crippen molar-refractivity contribution < 1.29 is 14.3 Å². The second-order valence-corrected chi connectivity index (χ2v) is 7.90. The second-order valence-electron chi connectivity index (χ2n) is 7.90. The van der Waals surface area contributed by atoms with Gasteiger partial charge < -0.3 is 25.1 Å². The van der Waals surface area contributed by atoms with Gasteiger partial charge in [0.2, 0.25) is 5.91 Å². The molecule has 3 N–H and O–H groups in total. The van der Waals surface area contributed by atoms with E-state index in [4.69, 9.17) is 15.2 Å². The van der Waals surface area contributed by atoms with E-state index in [2.05, 4.69) is 25.3 Å². The molecule has 0 aliphatic rings. The lowest BCUT2D eigenvalue weighted by Gasteiger charge is -2.16. The van der Waals surface area contributed by atoms with E-state index in [1.807, 2.05) is 36.4 Å². The van der Waals surface area contributed by atoms with Crippen molar-refractivity contribution in [3.8, 4) is 11.5 Å². The van der Waals surface area contributed by atoms with Gasteiger partial charge in [-0.25, -0.2) is 19.9 Å². The van der Waals surface area contributed by atoms with Crippen LogP contribution in [-0.2, 0) is 11.4 Å². The first kappa shape index (κ1) is 22.1. The lowest BCUT2D eigenvalue weighted by Crippen LogP contribution is -2.23. The number of methoxy groups -OCH3 is 1. The van der Waals surface area contributed by atoms with Crippen LogP contribution in [-0.4, -0.2) is 37.5 Å². The molecule has 1 unspecified atom stereocenters. The van der Waals surface area contributed by atoms with Gasteiger partial charge in [0, 0.05) is 17.1 Å². The minimum atomic E-state index is -0.595. The quantitative estimate of drug-likeness (QED) is 0.369. The van der Waals surface area contributed by atoms with Gasteiger partial charge in [-0.05, 0) is 31.2 Å². The first-order valence-corrected chi connectivity index (χ1v) is 10.9. The molecule has 5 aromatic rings. The normalized spacial score (nSPS) is 11.9. The summed E-state index contributed by atoms with van der Waals surface area (Å²) in [5.41, 5.74) is 9.03. The van der Waals surface area contributed by atoms with E-state index in [0.29, 0.717) is 28.4 Å². The van der Waals surface area contributed by atoms with Gasteiger partial charge in [0.15, 0.2) is 23.0 Å². The first-order chi connectivity index (χ1) is 17.0. The lowest BCUT2D eigenvalue weighted by atomic mass is 10.2. The number of anilines is 2. The fourth-order valence-electron chi connectivity index (χ4n) is 3.73. The summed E-state index contributed by atoms with van der Waals surface area (Å²) in [4.78, 5) is 30.0. The Morgan fingerprint density at radius 2 is 1.94 bits per heavy atom. The molecule has 10 nitrogen and oxygen atoms in total. The number of aromatic nitrogens is 5. The molecular formula is C25H23N7O3. The van der Waals surface area contributed by atoms with Crippen molar-refractivity contribution in [2.24, 2.45) is 0 Å². The van der Waals surface area contributed by atoms with Crippen LogP contribution in [0.3, 0.4) is 0 Å². The molecule has 10 heteroatoms. The zero-order valence-corrected chi connectivity index (χ0v) is 19.2. The van der Waals surface area contributed by atoms with E-state index in [1.165, 1.54) is 12.7 Å². The summed E-state index contributed by atoms with van der Waals surface area (Å²) in [6.45, 7) is 2.00. The molecule has 0 fully saturated rings. The number of rotatable bonds is 7. The Balaban J connectivity index is 1.32. The number of nitrogen functional groups attached to an aromatic ring is 1. The van der Waals surface area contributed by atoms with Crippen molar-refractivity contribution in [2.45, 2.75) is 19.6 Å². The summed E-state index contributed by atoms with van der Waals surface area (Å²) in [7, 11) is 1.56. The van der Waals surface area contributed by atoms with Crippen molar-refractivity contribution in [3.63, 3.8) is 0 Å². The molecule has 2 aromatic carbocycles. The Labute approximate surface area is 200 Å². The maximum atomic E-state index is 13.0. The molecule has 3 aromatic heterocycles. The molecule has 5 rings (SSSR count). The molecular weight excluding hydrogens is 446 g/mol. The number of para-hydroxylation sites is 1. The standard InChI is InChI=1S/C25H23N7O3/c1-15(32-14-29-22-23(26)27-13-28-24(22)32)25(33)31-17-9-10-20(34-2)21(11-17)35-12-18-8-7-16-5-3-4-6-19(16)30-18/h3-11,13-15H,12H2,1-2H3,(H,31,33)(H2,26,27,28). The molecule has 0 saturated carbocycles. The van der Waals surface area contributed by atoms with E-state index < -0.39 is 6.04 Å². The lowest BCUT2D eigenvalue weighted by molar-refractivity contribution is -0.118. The van der Waals surface area contributed by atoms with Crippen LogP contribution < -0.4 is 20.5 Å². The van der Waals surface area contributed by atoms with Crippen molar-refractivity contribution in [2.75, 3.05) is 18.2 Å². The molecule has 0 spiro atoms. The van der Waals surface area contributed by atoms with Gasteiger partial charge in [0.05, 0.1) is 24.6 Å². The highest BCUT2D eigenvalue weighted by molar-refractivity contribution is 5.95. The van der Waals surface area contributed by atoms with Crippen LogP contribution in [0.2, 0.25) is 0 Å². The minimum absolute atomic E-state index is 0.247. The SMILES string of the molecule is COc1ccc(NC(=O)C(C)n2cnc3c(N)ncnc32)cc1OCc1ccc2ccccc2n1. The van der Waals surface area contributed by atoms with Crippen LogP contribution in [0.15, 0.2) is 67.3 Å². The number of benzene rings is 2. The summed E-state index contributed by atoms with van der Waals surface area (Å²) in [5.74, 6) is 1.04. The Hall–Kier alpha value is -4.73. The maximum absolute atomic E-state index is 13.0. The fraction of sp³-hybridized carbons (Fsp3) is 0.160. The Kier molecular flexibility index (Phi) is 5.84. The average molecular weight is 470 g/mol. The molecule has 1 atom stereocenters. The predicted octanol–water partition coefficient (Wildman–Crippen LogP) is 3.74. The highest BCUT2D eigenvalue weighted by Gasteiger charge is 2.20. The monoisotopic (exact) mass is 469 g/mol. The first-order valence-electron chi connectivity index (χ1n) is 10.9. The van der Waals surface area contributed by atoms with Gasteiger partial charge in [-0.1, -0.05) is 24.3 Å². The third-order valence-electron chi connectivity index (χ3n) is 5.65. The summed E-state index contributed by atoms with van der Waals surface area (Å²) < 4.78 is 13.1. The number of pyridine rings is 1. The molecule has 0 bridgehead atoms.